The number of nitrogens with one attached hydrogen (secondary N) is 2. The number of aliphatic carboxylic acids is 1. The molecule has 2 aromatic carbocycles. The Hall–Kier alpha value is -3.59. The average Bonchev–Trinajstić information content (AvgIpc) is 2.78. The number of aromatic hydroxyl groups is 1. The van der Waals surface area contributed by atoms with Gasteiger partial charge in [-0.3, -0.25) is 9.59 Å². The molecule has 2 atom stereocenters. The van der Waals surface area contributed by atoms with Crippen LogP contribution in [0.3, 0.4) is 0 Å². The van der Waals surface area contributed by atoms with E-state index in [1.165, 1.54) is 19.1 Å². The molecule has 10 heteroatoms. The van der Waals surface area contributed by atoms with E-state index in [4.69, 9.17) is 4.74 Å². The van der Waals surface area contributed by atoms with Crippen molar-refractivity contribution in [3.63, 3.8) is 0 Å². The molecule has 0 aromatic heterocycles. The molecule has 0 unspecified atom stereocenters. The fraction of sp³-hybridized carbons (Fsp3) is 0.360. The number of phenolic OH excluding ortho intramolecular Hbond substituents is 1. The Bertz CT molecular complexity index is 962. The number of phenols is 1. The predicted octanol–water partition coefficient (Wildman–Crippen LogP) is 3.62. The molecule has 0 spiro atoms. The van der Waals surface area contributed by atoms with E-state index in [-0.39, 0.29) is 29.9 Å². The number of carbonyl (C=O) groups is 4. The molecule has 4 N–H and O–H groups in total. The van der Waals surface area contributed by atoms with Crippen molar-refractivity contribution in [1.82, 2.24) is 10.6 Å². The Morgan fingerprint density at radius 1 is 0.914 bits per heavy atom. The van der Waals surface area contributed by atoms with Gasteiger partial charge in [-0.1, -0.05) is 56.3 Å². The number of halogens is 1. The van der Waals surface area contributed by atoms with Crippen LogP contribution >= 0.6 is 11.6 Å². The molecule has 0 heterocycles. The number of ether oxygens (including phenoxy) is 1. The summed E-state index contributed by atoms with van der Waals surface area (Å²) in [6.45, 7) is 5.13. The quantitative estimate of drug-likeness (QED) is 0.360. The van der Waals surface area contributed by atoms with E-state index in [1.807, 2.05) is 44.2 Å². The third-order valence-electron chi connectivity index (χ3n) is 4.52. The lowest BCUT2D eigenvalue weighted by molar-refractivity contribution is -0.142. The number of benzene rings is 2. The lowest BCUT2D eigenvalue weighted by Gasteiger charge is -2.22. The summed E-state index contributed by atoms with van der Waals surface area (Å²) < 4.78 is 5.18. The molecule has 190 valence electrons. The topological polar surface area (TPSA) is 142 Å². The zero-order valence-electron chi connectivity index (χ0n) is 19.9. The molecular weight excluding hydrogens is 476 g/mol. The summed E-state index contributed by atoms with van der Waals surface area (Å²) in [5.74, 6) is -1.66. The monoisotopic (exact) mass is 506 g/mol. The van der Waals surface area contributed by atoms with Gasteiger partial charge in [0.2, 0.25) is 11.1 Å². The number of carboxylic acid groups (broad SMARTS) is 1. The van der Waals surface area contributed by atoms with Crippen LogP contribution in [0.15, 0.2) is 54.6 Å². The van der Waals surface area contributed by atoms with Gasteiger partial charge in [0.05, 0.1) is 0 Å². The highest BCUT2D eigenvalue weighted by Crippen LogP contribution is 2.12. The maximum absolute atomic E-state index is 12.8. The molecule has 0 radical (unpaired) electrons. The second kappa shape index (κ2) is 15.3. The van der Waals surface area contributed by atoms with Crippen LogP contribution in [0.1, 0.15) is 38.3 Å². The number of hydrogen-bond donors (Lipinski definition) is 4. The van der Waals surface area contributed by atoms with Gasteiger partial charge in [-0.15, -0.1) is 0 Å². The summed E-state index contributed by atoms with van der Waals surface area (Å²) in [5.41, 5.74) is 1.45. The van der Waals surface area contributed by atoms with Gasteiger partial charge in [-0.25, -0.2) is 9.59 Å². The average molecular weight is 507 g/mol. The zero-order valence-corrected chi connectivity index (χ0v) is 20.6. The van der Waals surface area contributed by atoms with Crippen LogP contribution in [-0.2, 0) is 32.1 Å². The fourth-order valence-corrected chi connectivity index (χ4v) is 2.95. The highest BCUT2D eigenvalue weighted by atomic mass is 35.5. The first-order chi connectivity index (χ1) is 16.5. The number of hydrogen-bond acceptors (Lipinski definition) is 6. The van der Waals surface area contributed by atoms with Gasteiger partial charge >= 0.3 is 12.1 Å². The van der Waals surface area contributed by atoms with Crippen molar-refractivity contribution in [2.75, 3.05) is 0 Å². The molecule has 2 aromatic rings. The molecule has 0 saturated carbocycles. The van der Waals surface area contributed by atoms with Crippen molar-refractivity contribution in [2.45, 2.75) is 52.3 Å². The minimum Gasteiger partial charge on any atom is -0.508 e. The van der Waals surface area contributed by atoms with E-state index in [9.17, 15) is 29.4 Å². The number of carbonyl (C=O) groups excluding carboxylic acids is 3. The van der Waals surface area contributed by atoms with Crippen LogP contribution in [0.4, 0.5) is 4.79 Å². The van der Waals surface area contributed by atoms with Crippen molar-refractivity contribution in [3.05, 3.63) is 65.7 Å². The normalized spacial score (nSPS) is 11.9. The van der Waals surface area contributed by atoms with Crippen molar-refractivity contribution in [3.8, 4) is 5.75 Å². The highest BCUT2D eigenvalue weighted by Gasteiger charge is 2.27. The minimum absolute atomic E-state index is 0.0359. The minimum atomic E-state index is -1.20. The van der Waals surface area contributed by atoms with E-state index in [0.717, 1.165) is 5.56 Å². The molecule has 0 bridgehead atoms. The Labute approximate surface area is 209 Å². The lowest BCUT2D eigenvalue weighted by Crippen LogP contribution is -2.52. The van der Waals surface area contributed by atoms with Gasteiger partial charge in [0.25, 0.3) is 0 Å². The smallest absolute Gasteiger partial charge is 0.408 e. The molecule has 0 aliphatic rings. The molecule has 0 fully saturated rings. The van der Waals surface area contributed by atoms with Crippen LogP contribution in [0.5, 0.6) is 5.75 Å². The molecule has 35 heavy (non-hydrogen) atoms. The Kier molecular flexibility index (Phi) is 12.9. The molecule has 2 amide bonds. The molecule has 2 rings (SSSR count). The molecule has 9 nitrogen and oxygen atoms in total. The predicted molar refractivity (Wildman–Crippen MR) is 131 cm³/mol. The molecule has 0 saturated heterocycles. The van der Waals surface area contributed by atoms with E-state index >= 15 is 0 Å². The van der Waals surface area contributed by atoms with E-state index < -0.39 is 30.1 Å². The van der Waals surface area contributed by atoms with Crippen LogP contribution in [0.25, 0.3) is 0 Å². The molecule has 0 aliphatic heterocycles. The van der Waals surface area contributed by atoms with Gasteiger partial charge < -0.3 is 25.6 Å². The first-order valence-corrected chi connectivity index (χ1v) is 11.3. The van der Waals surface area contributed by atoms with Gasteiger partial charge in [0.1, 0.15) is 24.4 Å². The SMILES string of the molecule is CC(=O)Cl.CC(C)C[C@H](NC(=O)OCc1ccccc1)C(=O)N[C@@H](Cc1ccc(O)cc1)C(=O)O. The van der Waals surface area contributed by atoms with Crippen molar-refractivity contribution in [1.29, 1.82) is 0 Å². The largest absolute Gasteiger partial charge is 0.508 e. The van der Waals surface area contributed by atoms with Gasteiger partial charge in [0.15, 0.2) is 0 Å². The summed E-state index contributed by atoms with van der Waals surface area (Å²) in [6, 6.07) is 13.1. The van der Waals surface area contributed by atoms with Crippen molar-refractivity contribution >= 4 is 34.8 Å². The summed E-state index contributed by atoms with van der Waals surface area (Å²) in [4.78, 5) is 45.8. The Morgan fingerprint density at radius 2 is 1.49 bits per heavy atom. The lowest BCUT2D eigenvalue weighted by atomic mass is 10.0. The van der Waals surface area contributed by atoms with Crippen LogP contribution in [0, 0.1) is 5.92 Å². The third kappa shape index (κ3) is 13.0. The van der Waals surface area contributed by atoms with Crippen LogP contribution in [0.2, 0.25) is 0 Å². The summed E-state index contributed by atoms with van der Waals surface area (Å²) >= 11 is 4.64. The number of carboxylic acids is 1. The highest BCUT2D eigenvalue weighted by molar-refractivity contribution is 6.62. The van der Waals surface area contributed by atoms with Crippen LogP contribution in [-0.4, -0.2) is 45.5 Å². The Balaban J connectivity index is 0.00000142. The number of alkyl carbamates (subject to hydrolysis) is 1. The maximum atomic E-state index is 12.8. The summed E-state index contributed by atoms with van der Waals surface area (Å²) in [7, 11) is 0. The summed E-state index contributed by atoms with van der Waals surface area (Å²) in [5, 5.41) is 23.5. The van der Waals surface area contributed by atoms with Crippen molar-refractivity contribution in [2.24, 2.45) is 5.92 Å². The van der Waals surface area contributed by atoms with Gasteiger partial charge in [-0.05, 0) is 47.2 Å². The van der Waals surface area contributed by atoms with Gasteiger partial charge in [-0.2, -0.15) is 0 Å². The second-order valence-electron chi connectivity index (χ2n) is 8.13. The Morgan fingerprint density at radius 3 is 2.00 bits per heavy atom. The zero-order chi connectivity index (χ0) is 26.4. The van der Waals surface area contributed by atoms with Crippen LogP contribution < -0.4 is 10.6 Å². The van der Waals surface area contributed by atoms with Gasteiger partial charge in [0, 0.05) is 13.3 Å². The third-order valence-corrected chi connectivity index (χ3v) is 4.52. The first-order valence-electron chi connectivity index (χ1n) is 10.9. The molecular formula is C25H31ClN2O7. The molecule has 0 aliphatic carbocycles. The first kappa shape index (κ1) is 29.4. The standard InChI is InChI=1S/C23H28N2O6.C2H3ClO/c1-15(2)12-19(25-23(30)31-14-17-6-4-3-5-7-17)21(27)24-20(22(28)29)13-16-8-10-18(26)11-9-16;1-2(3)4/h3-11,15,19-20,26H,12-14H2,1-2H3,(H,24,27)(H,25,30)(H,28,29);1H3/t19-,20-;/m0./s1. The van der Waals surface area contributed by atoms with Crippen molar-refractivity contribution < 1.29 is 34.1 Å². The number of amides is 2. The number of rotatable bonds is 10. The fourth-order valence-electron chi connectivity index (χ4n) is 2.95. The van der Waals surface area contributed by atoms with E-state index in [2.05, 4.69) is 22.2 Å². The van der Waals surface area contributed by atoms with E-state index in [1.54, 1.807) is 12.1 Å². The van der Waals surface area contributed by atoms with E-state index in [0.29, 0.717) is 12.0 Å². The summed E-state index contributed by atoms with van der Waals surface area (Å²) in [6.07, 6.45) is -0.401. The second-order valence-corrected chi connectivity index (χ2v) is 8.66. The maximum Gasteiger partial charge on any atom is 0.408 e.